The Morgan fingerprint density at radius 3 is 2.84 bits per heavy atom. The van der Waals surface area contributed by atoms with Crippen LogP contribution in [0.2, 0.25) is 0 Å². The van der Waals surface area contributed by atoms with Crippen molar-refractivity contribution in [1.82, 2.24) is 15.0 Å². The molecule has 1 amide bonds. The second kappa shape index (κ2) is 8.89. The number of amides is 1. The van der Waals surface area contributed by atoms with Crippen molar-refractivity contribution in [2.45, 2.75) is 39.7 Å². The summed E-state index contributed by atoms with van der Waals surface area (Å²) in [5.41, 5.74) is 3.75. The van der Waals surface area contributed by atoms with Crippen molar-refractivity contribution < 1.29 is 14.3 Å². The van der Waals surface area contributed by atoms with Crippen LogP contribution in [0.15, 0.2) is 40.5 Å². The molecule has 1 atom stereocenters. The van der Waals surface area contributed by atoms with E-state index in [9.17, 15) is 9.59 Å². The molecule has 0 spiro atoms. The lowest BCUT2D eigenvalue weighted by molar-refractivity contribution is -0.123. The van der Waals surface area contributed by atoms with Crippen LogP contribution in [0.1, 0.15) is 43.7 Å². The molecule has 2 aromatic heterocycles. The highest BCUT2D eigenvalue weighted by atomic mass is 32.1. The number of aromatic nitrogens is 2. The van der Waals surface area contributed by atoms with Gasteiger partial charge in [0.05, 0.1) is 17.4 Å². The zero-order valence-corrected chi connectivity index (χ0v) is 18.5. The monoisotopic (exact) mass is 440 g/mol. The number of nitrogens with zero attached hydrogens (tertiary/aromatic N) is 3. The Morgan fingerprint density at radius 2 is 2.06 bits per heavy atom. The van der Waals surface area contributed by atoms with Crippen LogP contribution in [0.25, 0.3) is 10.2 Å². The molecule has 0 saturated heterocycles. The van der Waals surface area contributed by atoms with Gasteiger partial charge < -0.3 is 9.47 Å². The molecule has 9 heteroatoms. The molecular formula is C22H24N4O4S. The lowest BCUT2D eigenvalue weighted by atomic mass is 10.1. The van der Waals surface area contributed by atoms with Gasteiger partial charge in [-0.15, -0.1) is 11.3 Å². The lowest BCUT2D eigenvalue weighted by Crippen LogP contribution is -2.34. The second-order valence-corrected chi connectivity index (χ2v) is 8.46. The summed E-state index contributed by atoms with van der Waals surface area (Å²) in [7, 11) is 0. The fourth-order valence-electron chi connectivity index (χ4n) is 3.32. The van der Waals surface area contributed by atoms with E-state index in [2.05, 4.69) is 22.4 Å². The van der Waals surface area contributed by atoms with Crippen LogP contribution >= 0.6 is 11.3 Å². The Morgan fingerprint density at radius 1 is 1.29 bits per heavy atom. The largest absolute Gasteiger partial charge is 0.486 e. The molecule has 8 nitrogen and oxygen atoms in total. The molecule has 0 fully saturated rings. The van der Waals surface area contributed by atoms with Crippen LogP contribution in [0.5, 0.6) is 11.5 Å². The molecule has 1 unspecified atom stereocenters. The first-order valence-corrected chi connectivity index (χ1v) is 11.0. The van der Waals surface area contributed by atoms with Gasteiger partial charge in [0.25, 0.3) is 11.5 Å². The number of fused-ring (bicyclic) bond motifs is 2. The Balaban J connectivity index is 1.50. The summed E-state index contributed by atoms with van der Waals surface area (Å²) in [5.74, 6) is 0.949. The first-order chi connectivity index (χ1) is 15.0. The fourth-order valence-corrected chi connectivity index (χ4v) is 4.41. The van der Waals surface area contributed by atoms with Gasteiger partial charge in [-0.1, -0.05) is 13.3 Å². The number of carbonyl (C=O) groups excluding carboxylic acids is 1. The zero-order valence-electron chi connectivity index (χ0n) is 17.7. The number of carbonyl (C=O) groups is 1. The summed E-state index contributed by atoms with van der Waals surface area (Å²) < 4.78 is 12.5. The number of aryl methyl sites for hydroxylation is 1. The molecule has 1 aliphatic heterocycles. The predicted octanol–water partition coefficient (Wildman–Crippen LogP) is 3.28. The minimum atomic E-state index is -0.754. The van der Waals surface area contributed by atoms with Crippen molar-refractivity contribution in [3.63, 3.8) is 0 Å². The molecule has 0 aliphatic carbocycles. The molecule has 1 aromatic carbocycles. The van der Waals surface area contributed by atoms with E-state index >= 15 is 0 Å². The third-order valence-corrected chi connectivity index (χ3v) is 6.22. The summed E-state index contributed by atoms with van der Waals surface area (Å²) in [5, 5.41) is 4.75. The Hall–Kier alpha value is -3.20. The first-order valence-electron chi connectivity index (χ1n) is 10.2. The smallest absolute Gasteiger partial charge is 0.263 e. The van der Waals surface area contributed by atoms with E-state index in [0.29, 0.717) is 40.6 Å². The van der Waals surface area contributed by atoms with E-state index in [1.54, 1.807) is 13.8 Å². The summed E-state index contributed by atoms with van der Waals surface area (Å²) in [6.45, 7) is 6.56. The van der Waals surface area contributed by atoms with Gasteiger partial charge in [-0.25, -0.2) is 10.4 Å². The molecular weight excluding hydrogens is 416 g/mol. The third kappa shape index (κ3) is 4.32. The van der Waals surface area contributed by atoms with E-state index in [1.165, 1.54) is 22.2 Å². The third-order valence-electron chi connectivity index (χ3n) is 5.11. The van der Waals surface area contributed by atoms with Crippen molar-refractivity contribution in [1.29, 1.82) is 0 Å². The fraction of sp³-hybridized carbons (Fsp3) is 0.364. The number of rotatable bonds is 6. The van der Waals surface area contributed by atoms with Crippen molar-refractivity contribution in [2.75, 3.05) is 13.2 Å². The quantitative estimate of drug-likeness (QED) is 0.469. The van der Waals surface area contributed by atoms with Gasteiger partial charge >= 0.3 is 0 Å². The molecule has 0 radical (unpaired) electrons. The summed E-state index contributed by atoms with van der Waals surface area (Å²) >= 11 is 1.52. The van der Waals surface area contributed by atoms with Crippen LogP contribution in [-0.2, 0) is 11.2 Å². The average Bonchev–Trinajstić information content (AvgIpc) is 3.20. The highest BCUT2D eigenvalue weighted by Crippen LogP contribution is 2.30. The zero-order chi connectivity index (χ0) is 22.0. The molecule has 1 N–H and O–H groups in total. The Labute approximate surface area is 183 Å². The van der Waals surface area contributed by atoms with Gasteiger partial charge in [-0.2, -0.15) is 5.10 Å². The molecule has 3 aromatic rings. The van der Waals surface area contributed by atoms with E-state index < -0.39 is 11.9 Å². The van der Waals surface area contributed by atoms with Crippen molar-refractivity contribution in [3.05, 3.63) is 51.4 Å². The summed E-state index contributed by atoms with van der Waals surface area (Å²) in [6.07, 6.45) is 3.34. The van der Waals surface area contributed by atoms with Gasteiger partial charge in [-0.05, 0) is 44.5 Å². The van der Waals surface area contributed by atoms with Crippen LogP contribution in [-0.4, -0.2) is 34.4 Å². The number of hydrogen-bond donors (Lipinski definition) is 1. The molecule has 4 rings (SSSR count). The molecule has 1 aliphatic rings. The maximum atomic E-state index is 12.9. The number of ether oxygens (including phenoxy) is 2. The van der Waals surface area contributed by atoms with Gasteiger partial charge in [0.1, 0.15) is 24.1 Å². The Bertz CT molecular complexity index is 1210. The average molecular weight is 441 g/mol. The van der Waals surface area contributed by atoms with Crippen molar-refractivity contribution in [3.8, 4) is 11.5 Å². The van der Waals surface area contributed by atoms with E-state index in [1.807, 2.05) is 24.3 Å². The lowest BCUT2D eigenvalue weighted by Gasteiger charge is -2.18. The Kier molecular flexibility index (Phi) is 6.03. The minimum Gasteiger partial charge on any atom is -0.486 e. The number of nitrogens with one attached hydrogen (secondary N) is 1. The van der Waals surface area contributed by atoms with E-state index in [4.69, 9.17) is 9.47 Å². The van der Waals surface area contributed by atoms with E-state index in [0.717, 1.165) is 23.3 Å². The number of benzene rings is 1. The highest BCUT2D eigenvalue weighted by Gasteiger charge is 2.19. The molecule has 162 valence electrons. The molecule has 0 saturated carbocycles. The van der Waals surface area contributed by atoms with Gasteiger partial charge in [-0.3, -0.25) is 14.2 Å². The topological polar surface area (TPSA) is 94.8 Å². The van der Waals surface area contributed by atoms with Crippen LogP contribution in [0.4, 0.5) is 0 Å². The molecule has 0 bridgehead atoms. The maximum absolute atomic E-state index is 12.9. The van der Waals surface area contributed by atoms with Gasteiger partial charge in [0, 0.05) is 10.4 Å². The predicted molar refractivity (Wildman–Crippen MR) is 120 cm³/mol. The van der Waals surface area contributed by atoms with Crippen LogP contribution in [0.3, 0.4) is 0 Å². The minimum absolute atomic E-state index is 0.223. The highest BCUT2D eigenvalue weighted by molar-refractivity contribution is 7.18. The molecule has 31 heavy (non-hydrogen) atoms. The van der Waals surface area contributed by atoms with Gasteiger partial charge in [0.15, 0.2) is 11.5 Å². The number of hydrogen-bond acceptors (Lipinski definition) is 7. The number of thiophene rings is 1. The molecule has 3 heterocycles. The van der Waals surface area contributed by atoms with E-state index in [-0.39, 0.29) is 5.56 Å². The maximum Gasteiger partial charge on any atom is 0.263 e. The SMILES string of the molecule is CCCc1cc2c(=O)n(C(C)C(=O)N/N=C(/C)c3ccc4c(c3)OCCO4)cnc2s1. The van der Waals surface area contributed by atoms with Crippen LogP contribution in [0, 0.1) is 0 Å². The standard InChI is InChI=1S/C22H24N4O4S/c1-4-5-16-11-17-21(31-16)23-12-26(22(17)28)14(3)20(27)25-24-13(2)15-6-7-18-19(10-15)30-9-8-29-18/h6-7,10-12,14H,4-5,8-9H2,1-3H3,(H,25,27)/b24-13-. The first kappa shape index (κ1) is 21.0. The second-order valence-electron chi connectivity index (χ2n) is 7.35. The summed E-state index contributed by atoms with van der Waals surface area (Å²) in [4.78, 5) is 31.7. The summed E-state index contributed by atoms with van der Waals surface area (Å²) in [6, 6.07) is 6.63. The van der Waals surface area contributed by atoms with Gasteiger partial charge in [0.2, 0.25) is 0 Å². The normalized spacial score (nSPS) is 14.5. The van der Waals surface area contributed by atoms with Crippen LogP contribution < -0.4 is 20.5 Å². The number of hydrazone groups is 1. The van der Waals surface area contributed by atoms with Crippen molar-refractivity contribution in [2.24, 2.45) is 5.10 Å². The van der Waals surface area contributed by atoms with Crippen molar-refractivity contribution >= 4 is 33.2 Å².